The van der Waals surface area contributed by atoms with Crippen molar-refractivity contribution in [2.45, 2.75) is 13.8 Å². The first-order chi connectivity index (χ1) is 7.39. The van der Waals surface area contributed by atoms with Crippen LogP contribution in [0.1, 0.15) is 13.8 Å². The van der Waals surface area contributed by atoms with Gasteiger partial charge in [0.05, 0.1) is 0 Å². The topological polar surface area (TPSA) is 82.2 Å². The molecule has 0 atom stereocenters. The number of oxime groups is 1. The van der Waals surface area contributed by atoms with Gasteiger partial charge in [-0.05, 0) is 20.9 Å². The number of rotatable bonds is 2. The Labute approximate surface area is 95.7 Å². The Morgan fingerprint density at radius 2 is 1.81 bits per heavy atom. The first kappa shape index (κ1) is 12.8. The van der Waals surface area contributed by atoms with Crippen LogP contribution in [0.25, 0.3) is 0 Å². The summed E-state index contributed by atoms with van der Waals surface area (Å²) in [6.45, 7) is 6.44. The molecule has 0 bridgehead atoms. The molecule has 1 heterocycles. The van der Waals surface area contributed by atoms with Gasteiger partial charge in [0.15, 0.2) is 5.84 Å². The Kier molecular flexibility index (Phi) is 3.74. The van der Waals surface area contributed by atoms with Crippen LogP contribution >= 0.6 is 0 Å². The zero-order valence-corrected chi connectivity index (χ0v) is 10.1. The smallest absolute Gasteiger partial charge is 0.236 e. The van der Waals surface area contributed by atoms with Crippen molar-refractivity contribution >= 4 is 11.7 Å². The third-order valence-electron chi connectivity index (χ3n) is 3.07. The van der Waals surface area contributed by atoms with E-state index in [1.807, 2.05) is 7.05 Å². The molecule has 1 aliphatic rings. The fourth-order valence-electron chi connectivity index (χ4n) is 1.64. The van der Waals surface area contributed by atoms with Gasteiger partial charge in [-0.3, -0.25) is 4.79 Å². The maximum absolute atomic E-state index is 12.2. The molecule has 6 nitrogen and oxygen atoms in total. The molecule has 1 amide bonds. The molecular formula is C10H20N4O2. The second kappa shape index (κ2) is 4.69. The summed E-state index contributed by atoms with van der Waals surface area (Å²) < 4.78 is 0. The predicted octanol–water partition coefficient (Wildman–Crippen LogP) is -0.467. The minimum atomic E-state index is -0.940. The number of carbonyl (C=O) groups excluding carboxylic acids is 1. The molecule has 0 aromatic heterocycles. The molecule has 0 spiro atoms. The Balaban J connectivity index is 2.71. The number of hydrogen-bond donors (Lipinski definition) is 2. The lowest BCUT2D eigenvalue weighted by atomic mass is 9.90. The molecule has 1 rings (SSSR count). The summed E-state index contributed by atoms with van der Waals surface area (Å²) in [6, 6.07) is 0. The first-order valence-corrected chi connectivity index (χ1v) is 5.35. The van der Waals surface area contributed by atoms with Gasteiger partial charge in [-0.1, -0.05) is 5.16 Å². The third-order valence-corrected chi connectivity index (χ3v) is 3.07. The normalized spacial score (nSPS) is 19.9. The van der Waals surface area contributed by atoms with E-state index in [1.165, 1.54) is 0 Å². The van der Waals surface area contributed by atoms with Crippen molar-refractivity contribution in [1.82, 2.24) is 9.80 Å². The van der Waals surface area contributed by atoms with E-state index in [2.05, 4.69) is 10.1 Å². The molecule has 0 aliphatic carbocycles. The first-order valence-electron chi connectivity index (χ1n) is 5.35. The molecule has 1 saturated heterocycles. The van der Waals surface area contributed by atoms with E-state index < -0.39 is 5.41 Å². The van der Waals surface area contributed by atoms with Crippen molar-refractivity contribution in [3.05, 3.63) is 0 Å². The quantitative estimate of drug-likeness (QED) is 0.290. The van der Waals surface area contributed by atoms with Gasteiger partial charge in [0.2, 0.25) is 5.91 Å². The largest absolute Gasteiger partial charge is 0.409 e. The highest BCUT2D eigenvalue weighted by atomic mass is 16.4. The molecule has 1 fully saturated rings. The molecule has 6 heteroatoms. The number of amidine groups is 1. The van der Waals surface area contributed by atoms with Gasteiger partial charge < -0.3 is 20.7 Å². The van der Waals surface area contributed by atoms with E-state index in [-0.39, 0.29) is 11.7 Å². The maximum atomic E-state index is 12.2. The molecule has 16 heavy (non-hydrogen) atoms. The van der Waals surface area contributed by atoms with Crippen LogP contribution in [0.15, 0.2) is 5.16 Å². The van der Waals surface area contributed by atoms with Gasteiger partial charge in [-0.2, -0.15) is 0 Å². The molecular weight excluding hydrogens is 208 g/mol. The van der Waals surface area contributed by atoms with E-state index in [0.29, 0.717) is 13.1 Å². The predicted molar refractivity (Wildman–Crippen MR) is 61.3 cm³/mol. The molecule has 0 aromatic rings. The van der Waals surface area contributed by atoms with Gasteiger partial charge in [-0.25, -0.2) is 0 Å². The molecule has 92 valence electrons. The highest BCUT2D eigenvalue weighted by Crippen LogP contribution is 2.20. The van der Waals surface area contributed by atoms with Crippen LogP contribution in [0.4, 0.5) is 0 Å². The molecule has 0 radical (unpaired) electrons. The summed E-state index contributed by atoms with van der Waals surface area (Å²) >= 11 is 0. The lowest BCUT2D eigenvalue weighted by molar-refractivity contribution is -0.138. The monoisotopic (exact) mass is 228 g/mol. The van der Waals surface area contributed by atoms with Gasteiger partial charge in [0.1, 0.15) is 5.41 Å². The van der Waals surface area contributed by atoms with Crippen molar-refractivity contribution in [3.63, 3.8) is 0 Å². The second-order valence-corrected chi connectivity index (χ2v) is 4.71. The van der Waals surface area contributed by atoms with Crippen LogP contribution in [-0.2, 0) is 4.79 Å². The summed E-state index contributed by atoms with van der Waals surface area (Å²) in [5, 5.41) is 11.6. The minimum Gasteiger partial charge on any atom is -0.409 e. The molecule has 3 N–H and O–H groups in total. The summed E-state index contributed by atoms with van der Waals surface area (Å²) in [7, 11) is 2.02. The van der Waals surface area contributed by atoms with E-state index in [0.717, 1.165) is 13.1 Å². The van der Waals surface area contributed by atoms with Gasteiger partial charge in [-0.15, -0.1) is 0 Å². The van der Waals surface area contributed by atoms with Gasteiger partial charge >= 0.3 is 0 Å². The maximum Gasteiger partial charge on any atom is 0.236 e. The van der Waals surface area contributed by atoms with E-state index in [4.69, 9.17) is 10.9 Å². The number of carbonyl (C=O) groups is 1. The van der Waals surface area contributed by atoms with Crippen molar-refractivity contribution in [3.8, 4) is 0 Å². The summed E-state index contributed by atoms with van der Waals surface area (Å²) in [4.78, 5) is 16.1. The van der Waals surface area contributed by atoms with Crippen LogP contribution in [0, 0.1) is 5.41 Å². The van der Waals surface area contributed by atoms with Crippen molar-refractivity contribution in [2.75, 3.05) is 33.2 Å². The molecule has 0 saturated carbocycles. The summed E-state index contributed by atoms with van der Waals surface area (Å²) in [6.07, 6.45) is 0. The van der Waals surface area contributed by atoms with E-state index in [9.17, 15) is 4.79 Å². The zero-order chi connectivity index (χ0) is 12.3. The highest BCUT2D eigenvalue weighted by molar-refractivity contribution is 6.05. The Bertz CT molecular complexity index is 293. The second-order valence-electron chi connectivity index (χ2n) is 4.71. The van der Waals surface area contributed by atoms with E-state index in [1.54, 1.807) is 18.7 Å². The van der Waals surface area contributed by atoms with Crippen molar-refractivity contribution < 1.29 is 10.0 Å². The van der Waals surface area contributed by atoms with Crippen LogP contribution in [0.3, 0.4) is 0 Å². The van der Waals surface area contributed by atoms with Crippen molar-refractivity contribution in [2.24, 2.45) is 16.3 Å². The zero-order valence-electron chi connectivity index (χ0n) is 10.1. The van der Waals surface area contributed by atoms with Crippen LogP contribution in [0.5, 0.6) is 0 Å². The fraction of sp³-hybridized carbons (Fsp3) is 0.800. The standard InChI is InChI=1S/C10H20N4O2/c1-10(2,8(11)12-16)9(15)14-6-4-13(3)5-7-14/h16H,4-7H2,1-3H3,(H2,11,12). The Morgan fingerprint density at radius 3 is 2.25 bits per heavy atom. The highest BCUT2D eigenvalue weighted by Gasteiger charge is 2.37. The minimum absolute atomic E-state index is 0.0450. The number of amides is 1. The van der Waals surface area contributed by atoms with Gasteiger partial charge in [0, 0.05) is 26.2 Å². The van der Waals surface area contributed by atoms with E-state index >= 15 is 0 Å². The number of nitrogens with two attached hydrogens (primary N) is 1. The molecule has 0 aromatic carbocycles. The third kappa shape index (κ3) is 2.44. The summed E-state index contributed by atoms with van der Waals surface area (Å²) in [5.74, 6) is -0.132. The number of likely N-dealkylation sites (N-methyl/N-ethyl adjacent to an activating group) is 1. The van der Waals surface area contributed by atoms with Crippen LogP contribution in [0.2, 0.25) is 0 Å². The number of hydrogen-bond acceptors (Lipinski definition) is 4. The number of piperazine rings is 1. The fourth-order valence-corrected chi connectivity index (χ4v) is 1.64. The van der Waals surface area contributed by atoms with Crippen LogP contribution < -0.4 is 5.73 Å². The average Bonchev–Trinajstić information content (AvgIpc) is 2.28. The van der Waals surface area contributed by atoms with Gasteiger partial charge in [0.25, 0.3) is 0 Å². The molecule has 0 unspecified atom stereocenters. The SMILES string of the molecule is CN1CCN(C(=O)C(C)(C)C(N)=NO)CC1. The van der Waals surface area contributed by atoms with Crippen molar-refractivity contribution in [1.29, 1.82) is 0 Å². The molecule has 1 aliphatic heterocycles. The lowest BCUT2D eigenvalue weighted by Gasteiger charge is -2.36. The Morgan fingerprint density at radius 1 is 1.31 bits per heavy atom. The number of nitrogens with zero attached hydrogens (tertiary/aromatic N) is 3. The lowest BCUT2D eigenvalue weighted by Crippen LogP contribution is -2.54. The van der Waals surface area contributed by atoms with Crippen LogP contribution in [-0.4, -0.2) is 60.0 Å². The summed E-state index contributed by atoms with van der Waals surface area (Å²) in [5.41, 5.74) is 4.59. The average molecular weight is 228 g/mol. The Hall–Kier alpha value is -1.30.